The standard InChI is InChI=1S/C79H134NO8P/c1-3-5-7-9-11-13-15-17-19-21-23-25-27-29-31-33-35-36-37-38-39-40-42-44-46-48-50-52-54-56-58-60-62-64-66-68-70-72-79(82)88-77(76-87-89(83,84)86-74-73-80)75-85-78(81)71-69-67-65-63-61-59-57-55-53-51-49-47-45-43-41-34-32-30-28-26-24-22-20-18-16-14-12-10-8-6-4-2/h5,7,11,13,17,19,22-25,29,31,35-36,38-39,42,44,48,50,54,56,60,62,77H,3-4,6,8-10,12,14-16,18,20-21,26-28,30,32-34,37,40-41,43,45-47,49,51-53,55,57-59,61,63-76,80H2,1-2H3,(H,83,84)/b7-5-,13-11-,19-17-,24-22-,25-23-,31-29-,36-35-,39-38-,44-42-,50-48-,56-54-,62-60-. The van der Waals surface area contributed by atoms with E-state index in [0.717, 1.165) is 109 Å². The molecule has 0 aliphatic rings. The Kier molecular flexibility index (Phi) is 69.6. The molecule has 0 fully saturated rings. The number of esters is 2. The molecule has 0 saturated carbocycles. The number of nitrogens with two attached hydrogens (primary N) is 1. The van der Waals surface area contributed by atoms with Gasteiger partial charge in [-0.1, -0.05) is 320 Å². The van der Waals surface area contributed by atoms with Crippen molar-refractivity contribution in [3.63, 3.8) is 0 Å². The van der Waals surface area contributed by atoms with Gasteiger partial charge in [0.2, 0.25) is 0 Å². The van der Waals surface area contributed by atoms with Crippen LogP contribution in [0.3, 0.4) is 0 Å². The van der Waals surface area contributed by atoms with E-state index in [-0.39, 0.29) is 32.6 Å². The van der Waals surface area contributed by atoms with Crippen LogP contribution < -0.4 is 5.73 Å². The summed E-state index contributed by atoms with van der Waals surface area (Å²) in [6.07, 6.45) is 105. The van der Waals surface area contributed by atoms with Crippen molar-refractivity contribution in [1.29, 1.82) is 0 Å². The first-order valence-electron chi connectivity index (χ1n) is 36.3. The van der Waals surface area contributed by atoms with Crippen molar-refractivity contribution < 1.29 is 37.6 Å². The van der Waals surface area contributed by atoms with Gasteiger partial charge < -0.3 is 20.1 Å². The van der Waals surface area contributed by atoms with Crippen LogP contribution in [-0.2, 0) is 32.7 Å². The van der Waals surface area contributed by atoms with E-state index in [1.807, 2.05) is 0 Å². The fourth-order valence-corrected chi connectivity index (χ4v) is 10.6. The number of carbonyl (C=O) groups excluding carboxylic acids is 2. The smallest absolute Gasteiger partial charge is 0.462 e. The second kappa shape index (κ2) is 72.9. The van der Waals surface area contributed by atoms with Crippen LogP contribution in [0.5, 0.6) is 0 Å². The molecule has 0 aromatic heterocycles. The molecule has 0 saturated heterocycles. The monoisotopic (exact) mass is 1260 g/mol. The zero-order valence-electron chi connectivity index (χ0n) is 57.1. The van der Waals surface area contributed by atoms with E-state index in [1.165, 1.54) is 167 Å². The molecule has 0 rings (SSSR count). The molecule has 0 amide bonds. The molecule has 508 valence electrons. The van der Waals surface area contributed by atoms with E-state index < -0.39 is 32.5 Å². The molecule has 2 unspecified atom stereocenters. The van der Waals surface area contributed by atoms with Crippen LogP contribution in [0, 0.1) is 0 Å². The van der Waals surface area contributed by atoms with Gasteiger partial charge in [0, 0.05) is 19.4 Å². The quantitative estimate of drug-likeness (QED) is 0.0264. The van der Waals surface area contributed by atoms with Crippen LogP contribution >= 0.6 is 7.82 Å². The highest BCUT2D eigenvalue weighted by Crippen LogP contribution is 2.43. The topological polar surface area (TPSA) is 134 Å². The number of ether oxygens (including phenoxy) is 2. The van der Waals surface area contributed by atoms with E-state index in [1.54, 1.807) is 0 Å². The molecule has 2 atom stereocenters. The second-order valence-electron chi connectivity index (χ2n) is 23.7. The average Bonchev–Trinajstić information content (AvgIpc) is 3.68. The summed E-state index contributed by atoms with van der Waals surface area (Å²) >= 11 is 0. The second-order valence-corrected chi connectivity index (χ2v) is 25.2. The van der Waals surface area contributed by atoms with Crippen molar-refractivity contribution in [2.75, 3.05) is 26.4 Å². The molecular formula is C79H134NO8P. The molecule has 3 N–H and O–H groups in total. The zero-order chi connectivity index (χ0) is 64.4. The lowest BCUT2D eigenvalue weighted by molar-refractivity contribution is -0.161. The van der Waals surface area contributed by atoms with E-state index in [4.69, 9.17) is 24.3 Å². The van der Waals surface area contributed by atoms with Crippen molar-refractivity contribution in [1.82, 2.24) is 0 Å². The first-order chi connectivity index (χ1) is 43.8. The summed E-state index contributed by atoms with van der Waals surface area (Å²) in [5.74, 6) is -0.866. The van der Waals surface area contributed by atoms with Gasteiger partial charge in [-0.3, -0.25) is 18.6 Å². The van der Waals surface area contributed by atoms with E-state index >= 15 is 0 Å². The van der Waals surface area contributed by atoms with Gasteiger partial charge in [-0.25, -0.2) is 4.57 Å². The molecule has 0 heterocycles. The Morgan fingerprint density at radius 2 is 0.618 bits per heavy atom. The van der Waals surface area contributed by atoms with Crippen molar-refractivity contribution in [3.05, 3.63) is 146 Å². The number of phosphoric acid groups is 1. The molecule has 0 aliphatic heterocycles. The maximum atomic E-state index is 12.8. The van der Waals surface area contributed by atoms with Crippen molar-refractivity contribution >= 4 is 19.8 Å². The molecule has 0 aliphatic carbocycles. The number of phosphoric ester groups is 1. The largest absolute Gasteiger partial charge is 0.472 e. The van der Waals surface area contributed by atoms with Crippen LogP contribution in [0.2, 0.25) is 0 Å². The van der Waals surface area contributed by atoms with Crippen molar-refractivity contribution in [2.24, 2.45) is 5.73 Å². The van der Waals surface area contributed by atoms with E-state index in [0.29, 0.717) is 6.42 Å². The number of carbonyl (C=O) groups is 2. The highest BCUT2D eigenvalue weighted by molar-refractivity contribution is 7.47. The molecule has 9 nitrogen and oxygen atoms in total. The van der Waals surface area contributed by atoms with Crippen LogP contribution in [0.4, 0.5) is 0 Å². The van der Waals surface area contributed by atoms with Gasteiger partial charge in [0.25, 0.3) is 0 Å². The van der Waals surface area contributed by atoms with Crippen LogP contribution in [-0.4, -0.2) is 49.3 Å². The summed E-state index contributed by atoms with van der Waals surface area (Å²) in [5, 5.41) is 0. The van der Waals surface area contributed by atoms with Crippen molar-refractivity contribution in [3.8, 4) is 0 Å². The van der Waals surface area contributed by atoms with Crippen LogP contribution in [0.25, 0.3) is 0 Å². The lowest BCUT2D eigenvalue weighted by atomic mass is 10.0. The number of hydrogen-bond donors (Lipinski definition) is 2. The minimum absolute atomic E-state index is 0.0414. The highest BCUT2D eigenvalue weighted by atomic mass is 31.2. The summed E-state index contributed by atoms with van der Waals surface area (Å²) in [7, 11) is -4.41. The Bertz CT molecular complexity index is 1970. The molecule has 89 heavy (non-hydrogen) atoms. The third kappa shape index (κ3) is 72.8. The SMILES string of the molecule is CC/C=C\C/C=C\C/C=C\C/C=C\C/C=C\C/C=C\C/C=C\C/C=C\C/C=C\C/C=C\C/C=C\CCCCCC(=O)OC(COC(=O)CCCCCCCCCCCCCCCCCCCCC/C=C\CCCCCCCCCC)COP(=O)(O)OCCN. The number of unbranched alkanes of at least 4 members (excludes halogenated alkanes) is 30. The number of hydrogen-bond acceptors (Lipinski definition) is 8. The fourth-order valence-electron chi connectivity index (χ4n) is 9.87. The van der Waals surface area contributed by atoms with Crippen molar-refractivity contribution in [2.45, 2.75) is 315 Å². The number of allylic oxidation sites excluding steroid dienone is 24. The Labute approximate surface area is 547 Å². The first-order valence-corrected chi connectivity index (χ1v) is 37.8. The molecule has 0 aromatic carbocycles. The van der Waals surface area contributed by atoms with Gasteiger partial charge in [0.1, 0.15) is 6.61 Å². The predicted octanol–water partition coefficient (Wildman–Crippen LogP) is 24.2. The summed E-state index contributed by atoms with van der Waals surface area (Å²) < 4.78 is 33.2. The lowest BCUT2D eigenvalue weighted by Gasteiger charge is -2.19. The summed E-state index contributed by atoms with van der Waals surface area (Å²) in [5.41, 5.74) is 5.40. The molecule has 10 heteroatoms. The third-order valence-corrected chi connectivity index (χ3v) is 16.2. The summed E-state index contributed by atoms with van der Waals surface area (Å²) in [6, 6.07) is 0. The molecule has 0 spiro atoms. The Balaban J connectivity index is 3.99. The first kappa shape index (κ1) is 84.9. The Hall–Kier alpha value is -4.11. The molecule has 0 aromatic rings. The fraction of sp³-hybridized carbons (Fsp3) is 0.671. The minimum Gasteiger partial charge on any atom is -0.462 e. The zero-order valence-corrected chi connectivity index (χ0v) is 58.0. The van der Waals surface area contributed by atoms with Gasteiger partial charge >= 0.3 is 19.8 Å². The maximum Gasteiger partial charge on any atom is 0.472 e. The number of rotatable bonds is 67. The predicted molar refractivity (Wildman–Crippen MR) is 385 cm³/mol. The van der Waals surface area contributed by atoms with Gasteiger partial charge in [0.05, 0.1) is 13.2 Å². The minimum atomic E-state index is -4.41. The molecular weight excluding hydrogens is 1120 g/mol. The average molecular weight is 1260 g/mol. The van der Waals surface area contributed by atoms with Crippen LogP contribution in [0.15, 0.2) is 146 Å². The highest BCUT2D eigenvalue weighted by Gasteiger charge is 2.26. The van der Waals surface area contributed by atoms with E-state index in [2.05, 4.69) is 160 Å². The normalized spacial score (nSPS) is 13.8. The van der Waals surface area contributed by atoms with Gasteiger partial charge in [0.15, 0.2) is 6.10 Å². The lowest BCUT2D eigenvalue weighted by Crippen LogP contribution is -2.29. The van der Waals surface area contributed by atoms with Gasteiger partial charge in [-0.15, -0.1) is 0 Å². The Morgan fingerprint density at radius 1 is 0.348 bits per heavy atom. The molecule has 0 bridgehead atoms. The van der Waals surface area contributed by atoms with Gasteiger partial charge in [-0.05, 0) is 122 Å². The summed E-state index contributed by atoms with van der Waals surface area (Å²) in [6.45, 7) is 3.61. The molecule has 0 radical (unpaired) electrons. The van der Waals surface area contributed by atoms with E-state index in [9.17, 15) is 19.0 Å². The van der Waals surface area contributed by atoms with Gasteiger partial charge in [-0.2, -0.15) is 0 Å². The van der Waals surface area contributed by atoms with Crippen LogP contribution in [0.1, 0.15) is 309 Å². The Morgan fingerprint density at radius 3 is 0.944 bits per heavy atom. The summed E-state index contributed by atoms with van der Waals surface area (Å²) in [4.78, 5) is 35.4. The maximum absolute atomic E-state index is 12.8. The third-order valence-electron chi connectivity index (χ3n) is 15.2.